The summed E-state index contributed by atoms with van der Waals surface area (Å²) in [5.74, 6) is 1.13. The number of piperidine rings is 1. The van der Waals surface area contributed by atoms with Gasteiger partial charge in [0.05, 0.1) is 0 Å². The van der Waals surface area contributed by atoms with Crippen LogP contribution in [0.1, 0.15) is 30.3 Å². The lowest BCUT2D eigenvalue weighted by molar-refractivity contribution is 0.212. The molecule has 1 saturated heterocycles. The number of aromatic nitrogens is 3. The molecule has 1 aliphatic rings. The lowest BCUT2D eigenvalue weighted by Crippen LogP contribution is -2.34. The molecule has 118 valence electrons. The van der Waals surface area contributed by atoms with Gasteiger partial charge in [0.15, 0.2) is 5.65 Å². The summed E-state index contributed by atoms with van der Waals surface area (Å²) in [5.41, 5.74) is 3.33. The number of fused-ring (bicyclic) bond motifs is 1. The second kappa shape index (κ2) is 6.13. The van der Waals surface area contributed by atoms with E-state index in [0.717, 1.165) is 30.0 Å². The van der Waals surface area contributed by atoms with Gasteiger partial charge in [-0.15, -0.1) is 0 Å². The van der Waals surface area contributed by atoms with Crippen molar-refractivity contribution < 1.29 is 0 Å². The predicted octanol–water partition coefficient (Wildman–Crippen LogP) is 3.29. The first kappa shape index (κ1) is 14.4. The van der Waals surface area contributed by atoms with Gasteiger partial charge < -0.3 is 9.47 Å². The summed E-state index contributed by atoms with van der Waals surface area (Å²) in [4.78, 5) is 11.9. The van der Waals surface area contributed by atoms with Gasteiger partial charge in [0.2, 0.25) is 0 Å². The normalized spacial score (nSPS) is 19.3. The van der Waals surface area contributed by atoms with Crippen molar-refractivity contribution in [2.24, 2.45) is 0 Å². The van der Waals surface area contributed by atoms with E-state index in [1.54, 1.807) is 0 Å². The molecule has 0 radical (unpaired) electrons. The second-order valence-electron chi connectivity index (χ2n) is 6.46. The lowest BCUT2D eigenvalue weighted by Gasteiger charge is -2.31. The van der Waals surface area contributed by atoms with Gasteiger partial charge in [-0.25, -0.2) is 9.97 Å². The summed E-state index contributed by atoms with van der Waals surface area (Å²) < 4.78 is 2.39. The first-order chi connectivity index (χ1) is 11.3. The van der Waals surface area contributed by atoms with E-state index in [1.807, 2.05) is 12.3 Å². The van der Waals surface area contributed by atoms with Crippen molar-refractivity contribution in [2.75, 3.05) is 20.1 Å². The molecule has 2 aromatic heterocycles. The Balaban J connectivity index is 1.78. The number of hydrogen-bond donors (Lipinski definition) is 0. The van der Waals surface area contributed by atoms with Crippen molar-refractivity contribution in [1.82, 2.24) is 19.4 Å². The third-order valence-electron chi connectivity index (χ3n) is 4.69. The second-order valence-corrected chi connectivity index (χ2v) is 6.46. The van der Waals surface area contributed by atoms with Crippen LogP contribution in [0.15, 0.2) is 48.7 Å². The average molecular weight is 306 g/mol. The van der Waals surface area contributed by atoms with E-state index in [4.69, 9.17) is 4.98 Å². The van der Waals surface area contributed by atoms with E-state index in [-0.39, 0.29) is 0 Å². The van der Waals surface area contributed by atoms with Gasteiger partial charge in [-0.1, -0.05) is 30.3 Å². The molecule has 23 heavy (non-hydrogen) atoms. The highest BCUT2D eigenvalue weighted by atomic mass is 15.2. The van der Waals surface area contributed by atoms with Crippen LogP contribution in [0.3, 0.4) is 0 Å². The van der Waals surface area contributed by atoms with Crippen LogP contribution in [0.5, 0.6) is 0 Å². The highest BCUT2D eigenvalue weighted by molar-refractivity contribution is 5.71. The third kappa shape index (κ3) is 2.86. The van der Waals surface area contributed by atoms with Crippen LogP contribution in [0, 0.1) is 0 Å². The smallest absolute Gasteiger partial charge is 0.160 e. The van der Waals surface area contributed by atoms with Crippen molar-refractivity contribution in [3.8, 4) is 0 Å². The fraction of sp³-hybridized carbons (Fsp3) is 0.368. The molecule has 1 aromatic carbocycles. The maximum absolute atomic E-state index is 4.89. The number of pyridine rings is 1. The number of nitrogens with zero attached hydrogens (tertiary/aromatic N) is 4. The molecule has 0 spiro atoms. The molecule has 1 unspecified atom stereocenters. The van der Waals surface area contributed by atoms with E-state index in [9.17, 15) is 0 Å². The first-order valence-corrected chi connectivity index (χ1v) is 8.35. The number of benzene rings is 1. The highest BCUT2D eigenvalue weighted by Crippen LogP contribution is 2.27. The van der Waals surface area contributed by atoms with Crippen LogP contribution in [0.4, 0.5) is 0 Å². The van der Waals surface area contributed by atoms with Crippen molar-refractivity contribution in [3.05, 3.63) is 60.0 Å². The van der Waals surface area contributed by atoms with Crippen LogP contribution >= 0.6 is 0 Å². The van der Waals surface area contributed by atoms with Gasteiger partial charge in [-0.2, -0.15) is 0 Å². The molecule has 0 N–H and O–H groups in total. The molecule has 1 aliphatic heterocycles. The van der Waals surface area contributed by atoms with Crippen molar-refractivity contribution >= 4 is 11.2 Å². The van der Waals surface area contributed by atoms with Gasteiger partial charge in [0.1, 0.15) is 11.3 Å². The van der Waals surface area contributed by atoms with Crippen LogP contribution in [0.25, 0.3) is 11.2 Å². The molecule has 1 fully saturated rings. The number of likely N-dealkylation sites (tertiary alicyclic amines) is 1. The SMILES string of the molecule is CN1CCCC(n2c(Cc3ccccc3)nc3cccnc32)C1. The first-order valence-electron chi connectivity index (χ1n) is 8.35. The maximum Gasteiger partial charge on any atom is 0.160 e. The molecule has 0 bridgehead atoms. The molecule has 0 amide bonds. The average Bonchev–Trinajstić information content (AvgIpc) is 2.93. The van der Waals surface area contributed by atoms with Crippen LogP contribution in [-0.4, -0.2) is 39.6 Å². The fourth-order valence-electron chi connectivity index (χ4n) is 3.61. The van der Waals surface area contributed by atoms with E-state index in [1.165, 1.54) is 24.9 Å². The summed E-state index contributed by atoms with van der Waals surface area (Å²) in [7, 11) is 2.20. The lowest BCUT2D eigenvalue weighted by atomic mass is 10.1. The largest absolute Gasteiger partial charge is 0.308 e. The Labute approximate surface area is 136 Å². The van der Waals surface area contributed by atoms with Crippen molar-refractivity contribution in [2.45, 2.75) is 25.3 Å². The summed E-state index contributed by atoms with van der Waals surface area (Å²) in [6.07, 6.45) is 5.17. The minimum absolute atomic E-state index is 0.465. The van der Waals surface area contributed by atoms with Crippen LogP contribution < -0.4 is 0 Å². The molecular formula is C19H22N4. The maximum atomic E-state index is 4.89. The molecule has 4 heteroatoms. The van der Waals surface area contributed by atoms with E-state index >= 15 is 0 Å². The minimum Gasteiger partial charge on any atom is -0.308 e. The zero-order chi connectivity index (χ0) is 15.6. The van der Waals surface area contributed by atoms with E-state index < -0.39 is 0 Å². The van der Waals surface area contributed by atoms with Crippen molar-refractivity contribution in [3.63, 3.8) is 0 Å². The Morgan fingerprint density at radius 3 is 2.83 bits per heavy atom. The summed E-state index contributed by atoms with van der Waals surface area (Å²) in [6, 6.07) is 15.1. The Morgan fingerprint density at radius 1 is 1.13 bits per heavy atom. The highest BCUT2D eigenvalue weighted by Gasteiger charge is 2.24. The number of hydrogen-bond acceptors (Lipinski definition) is 3. The number of likely N-dealkylation sites (N-methyl/N-ethyl adjacent to an activating group) is 1. The number of imidazole rings is 1. The zero-order valence-electron chi connectivity index (χ0n) is 13.5. The van der Waals surface area contributed by atoms with Crippen LogP contribution in [-0.2, 0) is 6.42 Å². The molecule has 1 atom stereocenters. The number of rotatable bonds is 3. The fourth-order valence-corrected chi connectivity index (χ4v) is 3.61. The molecule has 4 nitrogen and oxygen atoms in total. The third-order valence-corrected chi connectivity index (χ3v) is 4.69. The Morgan fingerprint density at radius 2 is 2.00 bits per heavy atom. The predicted molar refractivity (Wildman–Crippen MR) is 92.5 cm³/mol. The van der Waals surface area contributed by atoms with E-state index in [0.29, 0.717) is 6.04 Å². The van der Waals surface area contributed by atoms with Gasteiger partial charge in [-0.3, -0.25) is 0 Å². The van der Waals surface area contributed by atoms with Gasteiger partial charge in [-0.05, 0) is 44.1 Å². The zero-order valence-corrected chi connectivity index (χ0v) is 13.5. The summed E-state index contributed by atoms with van der Waals surface area (Å²) >= 11 is 0. The minimum atomic E-state index is 0.465. The molecule has 3 aromatic rings. The quantitative estimate of drug-likeness (QED) is 0.744. The Hall–Kier alpha value is -2.20. The Bertz CT molecular complexity index is 793. The van der Waals surface area contributed by atoms with Gasteiger partial charge >= 0.3 is 0 Å². The topological polar surface area (TPSA) is 34.0 Å². The molecule has 4 rings (SSSR count). The Kier molecular flexibility index (Phi) is 3.83. The molecule has 0 aliphatic carbocycles. The molecule has 0 saturated carbocycles. The molecule has 3 heterocycles. The van der Waals surface area contributed by atoms with Crippen LogP contribution in [0.2, 0.25) is 0 Å². The van der Waals surface area contributed by atoms with Gasteiger partial charge in [0, 0.05) is 25.2 Å². The summed E-state index contributed by atoms with van der Waals surface area (Å²) in [5, 5.41) is 0. The molecular weight excluding hydrogens is 284 g/mol. The standard InChI is InChI=1S/C19H22N4/c1-22-12-6-9-16(14-22)23-18(13-15-7-3-2-4-8-15)21-17-10-5-11-20-19(17)23/h2-5,7-8,10-11,16H,6,9,12-14H2,1H3. The summed E-state index contributed by atoms with van der Waals surface area (Å²) in [6.45, 7) is 2.26. The van der Waals surface area contributed by atoms with Crippen molar-refractivity contribution in [1.29, 1.82) is 0 Å². The monoisotopic (exact) mass is 306 g/mol. The van der Waals surface area contributed by atoms with E-state index in [2.05, 4.69) is 57.9 Å². The van der Waals surface area contributed by atoms with Gasteiger partial charge in [0.25, 0.3) is 0 Å².